The Morgan fingerprint density at radius 2 is 1.48 bits per heavy atom. The average Bonchev–Trinajstić information content (AvgIpc) is 2.64. The van der Waals surface area contributed by atoms with Gasteiger partial charge in [0, 0.05) is 16.8 Å². The van der Waals surface area contributed by atoms with Gasteiger partial charge >= 0.3 is 0 Å². The second-order valence-corrected chi connectivity index (χ2v) is 5.65. The van der Waals surface area contributed by atoms with Crippen LogP contribution in [0.5, 0.6) is 0 Å². The molecule has 0 saturated heterocycles. The van der Waals surface area contributed by atoms with E-state index < -0.39 is 5.91 Å². The summed E-state index contributed by atoms with van der Waals surface area (Å²) in [5.74, 6) is -0.994. The molecule has 0 spiro atoms. The molecule has 0 bridgehead atoms. The largest absolute Gasteiger partial charge is 0.322 e. The Kier molecular flexibility index (Phi) is 4.70. The maximum Gasteiger partial charge on any atom is 0.256 e. The Morgan fingerprint density at radius 1 is 0.840 bits per heavy atom. The van der Waals surface area contributed by atoms with Crippen LogP contribution in [-0.4, -0.2) is 11.7 Å². The number of anilines is 1. The third-order valence-electron chi connectivity index (χ3n) is 3.89. The summed E-state index contributed by atoms with van der Waals surface area (Å²) >= 11 is 0. The molecule has 0 fully saturated rings. The summed E-state index contributed by atoms with van der Waals surface area (Å²) in [6.45, 7) is 1.71. The highest BCUT2D eigenvalue weighted by Crippen LogP contribution is 2.19. The summed E-state index contributed by atoms with van der Waals surface area (Å²) < 4.78 is 13.2. The summed E-state index contributed by atoms with van der Waals surface area (Å²) in [7, 11) is 0. The van der Waals surface area contributed by atoms with Crippen LogP contribution in [0.1, 0.15) is 31.8 Å². The molecule has 1 amide bonds. The van der Waals surface area contributed by atoms with Crippen molar-refractivity contribution in [1.82, 2.24) is 0 Å². The fraction of sp³-hybridized carbons (Fsp3) is 0.0476. The van der Waals surface area contributed by atoms with Crippen molar-refractivity contribution in [2.45, 2.75) is 6.92 Å². The van der Waals surface area contributed by atoms with E-state index in [0.29, 0.717) is 22.4 Å². The molecule has 3 nitrogen and oxygen atoms in total. The first-order valence-corrected chi connectivity index (χ1v) is 7.82. The maximum atomic E-state index is 13.2. The highest BCUT2D eigenvalue weighted by molar-refractivity contribution is 6.17. The number of amides is 1. The van der Waals surface area contributed by atoms with Crippen LogP contribution in [0.3, 0.4) is 0 Å². The van der Waals surface area contributed by atoms with Gasteiger partial charge in [0.1, 0.15) is 5.82 Å². The Hall–Kier alpha value is -3.27. The van der Waals surface area contributed by atoms with Crippen molar-refractivity contribution in [3.63, 3.8) is 0 Å². The molecule has 0 atom stereocenters. The van der Waals surface area contributed by atoms with E-state index in [4.69, 9.17) is 0 Å². The molecular formula is C21H16FNO2. The number of benzene rings is 3. The van der Waals surface area contributed by atoms with Crippen LogP contribution in [0.4, 0.5) is 10.1 Å². The van der Waals surface area contributed by atoms with Crippen LogP contribution >= 0.6 is 0 Å². The lowest BCUT2D eigenvalue weighted by atomic mass is 9.98. The van der Waals surface area contributed by atoms with Crippen molar-refractivity contribution in [3.05, 3.63) is 101 Å². The lowest BCUT2D eigenvalue weighted by molar-refractivity contribution is 0.0996. The number of nitrogens with one attached hydrogen (secondary N) is 1. The number of carbonyl (C=O) groups excluding carboxylic acids is 2. The number of carbonyl (C=O) groups is 2. The van der Waals surface area contributed by atoms with Crippen LogP contribution in [0, 0.1) is 12.7 Å². The van der Waals surface area contributed by atoms with Crippen LogP contribution in [0.2, 0.25) is 0 Å². The molecule has 124 valence electrons. The molecule has 3 aromatic carbocycles. The molecule has 3 aromatic rings. The predicted octanol–water partition coefficient (Wildman–Crippen LogP) is 4.62. The second kappa shape index (κ2) is 7.09. The van der Waals surface area contributed by atoms with Crippen LogP contribution in [0.25, 0.3) is 0 Å². The molecule has 4 heteroatoms. The fourth-order valence-corrected chi connectivity index (χ4v) is 2.58. The van der Waals surface area contributed by atoms with Gasteiger partial charge in [-0.05, 0) is 36.8 Å². The van der Waals surface area contributed by atoms with E-state index in [0.717, 1.165) is 0 Å². The first kappa shape index (κ1) is 16.6. The van der Waals surface area contributed by atoms with Crippen LogP contribution in [0.15, 0.2) is 72.8 Å². The lowest BCUT2D eigenvalue weighted by Crippen LogP contribution is -2.17. The van der Waals surface area contributed by atoms with Gasteiger partial charge in [0.05, 0.1) is 5.56 Å². The number of hydrogen-bond acceptors (Lipinski definition) is 2. The van der Waals surface area contributed by atoms with Gasteiger partial charge in [0.25, 0.3) is 5.91 Å². The lowest BCUT2D eigenvalue weighted by Gasteiger charge is -2.11. The normalized spacial score (nSPS) is 10.3. The van der Waals surface area contributed by atoms with E-state index in [9.17, 15) is 14.0 Å². The highest BCUT2D eigenvalue weighted by Gasteiger charge is 2.18. The molecule has 0 aliphatic rings. The first-order valence-electron chi connectivity index (χ1n) is 7.82. The average molecular weight is 333 g/mol. The highest BCUT2D eigenvalue weighted by atomic mass is 19.1. The van der Waals surface area contributed by atoms with Gasteiger partial charge in [-0.1, -0.05) is 48.5 Å². The summed E-state index contributed by atoms with van der Waals surface area (Å²) in [5.41, 5.74) is 2.24. The Morgan fingerprint density at radius 3 is 2.16 bits per heavy atom. The first-order chi connectivity index (χ1) is 12.1. The second-order valence-electron chi connectivity index (χ2n) is 5.65. The Bertz CT molecular complexity index is 936. The molecule has 25 heavy (non-hydrogen) atoms. The molecule has 3 rings (SSSR count). The minimum absolute atomic E-state index is 0.220. The van der Waals surface area contributed by atoms with E-state index in [-0.39, 0.29) is 17.2 Å². The molecule has 0 heterocycles. The van der Waals surface area contributed by atoms with Crippen LogP contribution < -0.4 is 5.32 Å². The van der Waals surface area contributed by atoms with E-state index in [2.05, 4.69) is 5.32 Å². The topological polar surface area (TPSA) is 46.2 Å². The molecule has 0 aliphatic carbocycles. The third-order valence-corrected chi connectivity index (χ3v) is 3.89. The monoisotopic (exact) mass is 333 g/mol. The molecule has 1 N–H and O–H groups in total. The van der Waals surface area contributed by atoms with Crippen LogP contribution in [-0.2, 0) is 0 Å². The van der Waals surface area contributed by atoms with Crippen molar-refractivity contribution in [2.75, 3.05) is 5.32 Å². The summed E-state index contributed by atoms with van der Waals surface area (Å²) in [6, 6.07) is 19.6. The fourth-order valence-electron chi connectivity index (χ4n) is 2.58. The molecular weight excluding hydrogens is 317 g/mol. The third kappa shape index (κ3) is 3.63. The smallest absolute Gasteiger partial charge is 0.256 e. The zero-order valence-corrected chi connectivity index (χ0v) is 13.6. The predicted molar refractivity (Wildman–Crippen MR) is 95.4 cm³/mol. The van der Waals surface area contributed by atoms with Gasteiger partial charge in [-0.3, -0.25) is 9.59 Å². The van der Waals surface area contributed by atoms with E-state index in [1.165, 1.54) is 18.2 Å². The summed E-state index contributed by atoms with van der Waals surface area (Å²) in [6.07, 6.45) is 0. The standard InChI is InChI=1S/C21H16FNO2/c1-14-13-16(22)11-12-19(14)23-21(25)18-10-6-5-9-17(18)20(24)15-7-3-2-4-8-15/h2-13H,1H3,(H,23,25). The Labute approximate surface area is 145 Å². The number of ketones is 1. The Balaban J connectivity index is 1.92. The number of aryl methyl sites for hydroxylation is 1. The summed E-state index contributed by atoms with van der Waals surface area (Å²) in [5, 5.41) is 2.74. The van der Waals surface area contributed by atoms with Gasteiger partial charge in [0.15, 0.2) is 5.78 Å². The van der Waals surface area contributed by atoms with E-state index >= 15 is 0 Å². The van der Waals surface area contributed by atoms with Crippen molar-refractivity contribution < 1.29 is 14.0 Å². The number of halogens is 1. The molecule has 0 aliphatic heterocycles. The van der Waals surface area contributed by atoms with Gasteiger partial charge in [-0.25, -0.2) is 4.39 Å². The van der Waals surface area contributed by atoms with E-state index in [1.54, 1.807) is 55.5 Å². The summed E-state index contributed by atoms with van der Waals surface area (Å²) in [4.78, 5) is 25.4. The number of rotatable bonds is 4. The maximum absolute atomic E-state index is 13.2. The quantitative estimate of drug-likeness (QED) is 0.708. The minimum Gasteiger partial charge on any atom is -0.322 e. The molecule has 0 aromatic heterocycles. The molecule has 0 saturated carbocycles. The van der Waals surface area contributed by atoms with Gasteiger partial charge < -0.3 is 5.32 Å². The van der Waals surface area contributed by atoms with Gasteiger partial charge in [0.2, 0.25) is 0 Å². The number of hydrogen-bond donors (Lipinski definition) is 1. The minimum atomic E-state index is -0.408. The zero-order valence-electron chi connectivity index (χ0n) is 13.6. The van der Waals surface area contributed by atoms with Crippen molar-refractivity contribution in [3.8, 4) is 0 Å². The van der Waals surface area contributed by atoms with Gasteiger partial charge in [-0.2, -0.15) is 0 Å². The SMILES string of the molecule is Cc1cc(F)ccc1NC(=O)c1ccccc1C(=O)c1ccccc1. The van der Waals surface area contributed by atoms with Crippen molar-refractivity contribution in [2.24, 2.45) is 0 Å². The molecule has 0 unspecified atom stereocenters. The van der Waals surface area contributed by atoms with E-state index in [1.807, 2.05) is 6.07 Å². The van der Waals surface area contributed by atoms with Crippen molar-refractivity contribution in [1.29, 1.82) is 0 Å². The molecule has 0 radical (unpaired) electrons. The van der Waals surface area contributed by atoms with Gasteiger partial charge in [-0.15, -0.1) is 0 Å². The zero-order chi connectivity index (χ0) is 17.8. The van der Waals surface area contributed by atoms with Crippen molar-refractivity contribution >= 4 is 17.4 Å².